The van der Waals surface area contributed by atoms with Crippen molar-refractivity contribution < 1.29 is 9.53 Å². The molecule has 1 unspecified atom stereocenters. The van der Waals surface area contributed by atoms with Gasteiger partial charge in [-0.3, -0.25) is 9.36 Å². The minimum Gasteiger partial charge on any atom is -0.497 e. The zero-order chi connectivity index (χ0) is 26.4. The van der Waals surface area contributed by atoms with Crippen molar-refractivity contribution in [2.24, 2.45) is 5.92 Å². The molecular formula is C33H37N3O2. The molecular weight excluding hydrogens is 470 g/mol. The lowest BCUT2D eigenvalue weighted by atomic mass is 9.93. The second-order valence-electron chi connectivity index (χ2n) is 11.3. The fourth-order valence-electron chi connectivity index (χ4n) is 6.19. The van der Waals surface area contributed by atoms with E-state index in [-0.39, 0.29) is 11.9 Å². The van der Waals surface area contributed by atoms with Gasteiger partial charge in [0.2, 0.25) is 0 Å². The number of carbonyl (C=O) groups excluding carboxylic acids is 1. The summed E-state index contributed by atoms with van der Waals surface area (Å²) in [4.78, 5) is 21.5. The molecule has 1 aliphatic heterocycles. The van der Waals surface area contributed by atoms with E-state index in [9.17, 15) is 4.79 Å². The Morgan fingerprint density at radius 3 is 2.37 bits per heavy atom. The van der Waals surface area contributed by atoms with Crippen LogP contribution in [0.15, 0.2) is 54.6 Å². The van der Waals surface area contributed by atoms with Crippen molar-refractivity contribution in [1.29, 1.82) is 0 Å². The van der Waals surface area contributed by atoms with E-state index < -0.39 is 0 Å². The summed E-state index contributed by atoms with van der Waals surface area (Å²) in [6.07, 6.45) is 6.81. The first-order chi connectivity index (χ1) is 18.4. The number of rotatable bonds is 6. The third-order valence-electron chi connectivity index (χ3n) is 8.26. The van der Waals surface area contributed by atoms with Gasteiger partial charge < -0.3 is 9.64 Å². The molecule has 0 radical (unpaired) electrons. The van der Waals surface area contributed by atoms with Crippen molar-refractivity contribution in [2.75, 3.05) is 13.7 Å². The third kappa shape index (κ3) is 4.59. The standard InChI is InChI=1S/C33H37N3O2/c1-21-8-15-29-28(17-21)34-32(36(29)26-11-13-27(38-4)14-12-26)30-7-5-6-16-35(30)33(37)31-22(2)18-25(19-23(31)3)20-24-9-10-24/h8,11-15,17-19,24,30H,5-7,9-10,16,20H2,1-4H3. The summed E-state index contributed by atoms with van der Waals surface area (Å²) in [6, 6.07) is 18.9. The zero-order valence-electron chi connectivity index (χ0n) is 23.0. The number of aryl methyl sites for hydroxylation is 3. The molecule has 4 aromatic rings. The highest BCUT2D eigenvalue weighted by Crippen LogP contribution is 2.37. The smallest absolute Gasteiger partial charge is 0.255 e. The number of fused-ring (bicyclic) bond motifs is 1. The zero-order valence-corrected chi connectivity index (χ0v) is 23.0. The summed E-state index contributed by atoms with van der Waals surface area (Å²) < 4.78 is 7.65. The van der Waals surface area contributed by atoms with Crippen LogP contribution in [0.25, 0.3) is 16.7 Å². The quantitative estimate of drug-likeness (QED) is 0.276. The molecule has 5 heteroatoms. The maximum atomic E-state index is 14.2. The van der Waals surface area contributed by atoms with Crippen molar-refractivity contribution in [3.63, 3.8) is 0 Å². The highest BCUT2D eigenvalue weighted by atomic mass is 16.5. The Kier molecular flexibility index (Phi) is 6.46. The summed E-state index contributed by atoms with van der Waals surface area (Å²) in [6.45, 7) is 7.05. The molecule has 2 fully saturated rings. The van der Waals surface area contributed by atoms with Gasteiger partial charge in [-0.1, -0.05) is 18.2 Å². The summed E-state index contributed by atoms with van der Waals surface area (Å²) in [5.41, 5.74) is 8.64. The van der Waals surface area contributed by atoms with Gasteiger partial charge in [0.05, 0.1) is 24.2 Å². The maximum Gasteiger partial charge on any atom is 0.255 e. The van der Waals surface area contributed by atoms with Gasteiger partial charge in [-0.15, -0.1) is 0 Å². The Labute approximate surface area is 225 Å². The SMILES string of the molecule is COc1ccc(-n2c(C3CCCCN3C(=O)c3c(C)cc(CC4CC4)cc3C)nc3cc(C)ccc32)cc1. The minimum absolute atomic E-state index is 0.0870. The number of hydrogen-bond acceptors (Lipinski definition) is 3. The fourth-order valence-corrected chi connectivity index (χ4v) is 6.19. The van der Waals surface area contributed by atoms with E-state index >= 15 is 0 Å². The molecule has 1 amide bonds. The van der Waals surface area contributed by atoms with Crippen molar-refractivity contribution in [1.82, 2.24) is 14.5 Å². The lowest BCUT2D eigenvalue weighted by Crippen LogP contribution is -2.40. The number of ether oxygens (including phenoxy) is 1. The number of methoxy groups -OCH3 is 1. The molecule has 2 heterocycles. The molecule has 38 heavy (non-hydrogen) atoms. The van der Waals surface area contributed by atoms with Crippen LogP contribution in [0.1, 0.15) is 76.6 Å². The topological polar surface area (TPSA) is 47.4 Å². The van der Waals surface area contributed by atoms with Crippen LogP contribution in [0.2, 0.25) is 0 Å². The molecule has 0 bridgehead atoms. The Bertz CT molecular complexity index is 1470. The summed E-state index contributed by atoms with van der Waals surface area (Å²) in [5, 5.41) is 0. The van der Waals surface area contributed by atoms with Crippen molar-refractivity contribution >= 4 is 16.9 Å². The number of piperidine rings is 1. The van der Waals surface area contributed by atoms with Crippen LogP contribution in [0.3, 0.4) is 0 Å². The van der Waals surface area contributed by atoms with Gasteiger partial charge in [-0.05, 0) is 124 Å². The van der Waals surface area contributed by atoms with Crippen LogP contribution >= 0.6 is 0 Å². The Morgan fingerprint density at radius 1 is 0.947 bits per heavy atom. The molecule has 1 saturated heterocycles. The van der Waals surface area contributed by atoms with Gasteiger partial charge in [-0.25, -0.2) is 4.98 Å². The lowest BCUT2D eigenvalue weighted by Gasteiger charge is -2.36. The fraction of sp³-hybridized carbons (Fsp3) is 0.394. The van der Waals surface area contributed by atoms with E-state index in [4.69, 9.17) is 9.72 Å². The number of nitrogens with zero attached hydrogens (tertiary/aromatic N) is 3. The largest absolute Gasteiger partial charge is 0.497 e. The molecule has 0 N–H and O–H groups in total. The van der Waals surface area contributed by atoms with E-state index in [1.807, 2.05) is 12.1 Å². The Balaban J connectivity index is 1.43. The second kappa shape index (κ2) is 9.94. The minimum atomic E-state index is -0.0870. The molecule has 1 aromatic heterocycles. The van der Waals surface area contributed by atoms with Crippen molar-refractivity contribution in [3.8, 4) is 11.4 Å². The number of likely N-dealkylation sites (tertiary alicyclic amines) is 1. The highest BCUT2D eigenvalue weighted by molar-refractivity contribution is 5.97. The first kappa shape index (κ1) is 24.7. The Morgan fingerprint density at radius 2 is 1.68 bits per heavy atom. The molecule has 1 atom stereocenters. The van der Waals surface area contributed by atoms with Gasteiger partial charge >= 0.3 is 0 Å². The van der Waals surface area contributed by atoms with Gasteiger partial charge in [0.15, 0.2) is 0 Å². The summed E-state index contributed by atoms with van der Waals surface area (Å²) in [7, 11) is 1.68. The molecule has 2 aliphatic rings. The van der Waals surface area contributed by atoms with Crippen LogP contribution in [0.4, 0.5) is 0 Å². The lowest BCUT2D eigenvalue weighted by molar-refractivity contribution is 0.0597. The molecule has 0 spiro atoms. The average molecular weight is 508 g/mol. The monoisotopic (exact) mass is 507 g/mol. The van der Waals surface area contributed by atoms with Crippen LogP contribution in [-0.4, -0.2) is 34.0 Å². The highest BCUT2D eigenvalue weighted by Gasteiger charge is 2.34. The average Bonchev–Trinajstić information content (AvgIpc) is 3.65. The molecule has 196 valence electrons. The third-order valence-corrected chi connectivity index (χ3v) is 8.26. The molecule has 5 nitrogen and oxygen atoms in total. The van der Waals surface area contributed by atoms with E-state index in [2.05, 4.69) is 72.7 Å². The normalized spacial score (nSPS) is 17.7. The molecule has 1 saturated carbocycles. The molecule has 3 aromatic carbocycles. The second-order valence-corrected chi connectivity index (χ2v) is 11.3. The van der Waals surface area contributed by atoms with Gasteiger partial charge in [0.25, 0.3) is 5.91 Å². The van der Waals surface area contributed by atoms with Crippen LogP contribution in [0, 0.1) is 26.7 Å². The van der Waals surface area contributed by atoms with E-state index in [0.717, 1.165) is 83.1 Å². The number of amides is 1. The first-order valence-electron chi connectivity index (χ1n) is 14.0. The van der Waals surface area contributed by atoms with Crippen LogP contribution in [-0.2, 0) is 6.42 Å². The van der Waals surface area contributed by atoms with Crippen molar-refractivity contribution in [3.05, 3.63) is 88.2 Å². The van der Waals surface area contributed by atoms with Crippen LogP contribution < -0.4 is 4.74 Å². The van der Waals surface area contributed by atoms with Crippen molar-refractivity contribution in [2.45, 2.75) is 65.3 Å². The van der Waals surface area contributed by atoms with Gasteiger partial charge in [-0.2, -0.15) is 0 Å². The summed E-state index contributed by atoms with van der Waals surface area (Å²) in [5.74, 6) is 2.72. The number of imidazole rings is 1. The predicted octanol–water partition coefficient (Wildman–Crippen LogP) is 7.28. The Hall–Kier alpha value is -3.60. The van der Waals surface area contributed by atoms with E-state index in [1.54, 1.807) is 7.11 Å². The van der Waals surface area contributed by atoms with E-state index in [0.29, 0.717) is 0 Å². The summed E-state index contributed by atoms with van der Waals surface area (Å²) >= 11 is 0. The maximum absolute atomic E-state index is 14.2. The van der Waals surface area contributed by atoms with Gasteiger partial charge in [0, 0.05) is 17.8 Å². The number of hydrogen-bond donors (Lipinski definition) is 0. The number of aromatic nitrogens is 2. The van der Waals surface area contributed by atoms with Gasteiger partial charge in [0.1, 0.15) is 11.6 Å². The molecule has 1 aliphatic carbocycles. The number of carbonyl (C=O) groups is 1. The molecule has 6 rings (SSSR count). The first-order valence-corrected chi connectivity index (χ1v) is 14.0. The predicted molar refractivity (Wildman–Crippen MR) is 152 cm³/mol. The van der Waals surface area contributed by atoms with Crippen LogP contribution in [0.5, 0.6) is 5.75 Å². The van der Waals surface area contributed by atoms with E-state index in [1.165, 1.54) is 24.0 Å². The number of benzene rings is 3.